The van der Waals surface area contributed by atoms with Gasteiger partial charge in [0.2, 0.25) is 5.91 Å². The topological polar surface area (TPSA) is 53.5 Å². The highest BCUT2D eigenvalue weighted by Gasteiger charge is 2.28. The predicted octanol–water partition coefficient (Wildman–Crippen LogP) is 4.62. The smallest absolute Gasteiger partial charge is 0.282 e. The number of aryl methyl sites for hydroxylation is 2. The largest absolute Gasteiger partial charge is 0.323 e. The zero-order valence-electron chi connectivity index (χ0n) is 15.8. The zero-order chi connectivity index (χ0) is 19.7. The Morgan fingerprint density at radius 2 is 2.00 bits per heavy atom. The number of thiazole rings is 1. The molecule has 1 aliphatic rings. The number of carbonyl (C=O) groups is 2. The summed E-state index contributed by atoms with van der Waals surface area (Å²) >= 11 is 2.79. The molecule has 2 heterocycles. The molecular weight excluding hydrogens is 390 g/mol. The van der Waals surface area contributed by atoms with E-state index in [4.69, 9.17) is 4.98 Å². The maximum Gasteiger partial charge on any atom is 0.282 e. The third-order valence-electron chi connectivity index (χ3n) is 4.71. The van der Waals surface area contributed by atoms with Crippen molar-refractivity contribution in [3.63, 3.8) is 0 Å². The molecule has 28 heavy (non-hydrogen) atoms. The van der Waals surface area contributed by atoms with Crippen molar-refractivity contribution in [1.82, 2.24) is 9.88 Å². The van der Waals surface area contributed by atoms with E-state index < -0.39 is 0 Å². The molecule has 144 valence electrons. The summed E-state index contributed by atoms with van der Waals surface area (Å²) in [5.74, 6) is 0.637. The number of amides is 2. The van der Waals surface area contributed by atoms with Crippen LogP contribution in [-0.2, 0) is 11.3 Å². The van der Waals surface area contributed by atoms with E-state index in [1.165, 1.54) is 28.7 Å². The molecule has 3 aromatic rings. The van der Waals surface area contributed by atoms with Gasteiger partial charge >= 0.3 is 0 Å². The molecule has 0 aliphatic carbocycles. The van der Waals surface area contributed by atoms with Crippen LogP contribution in [0.25, 0.3) is 10.2 Å². The van der Waals surface area contributed by atoms with E-state index in [0.717, 1.165) is 27.1 Å². The molecule has 1 fully saturated rings. The number of hydrogen-bond donors (Lipinski definition) is 0. The molecule has 0 unspecified atom stereocenters. The lowest BCUT2D eigenvalue weighted by molar-refractivity contribution is -0.119. The summed E-state index contributed by atoms with van der Waals surface area (Å²) in [5, 5.41) is 0.653. The number of aromatic nitrogens is 1. The van der Waals surface area contributed by atoms with E-state index in [9.17, 15) is 9.59 Å². The van der Waals surface area contributed by atoms with Crippen LogP contribution in [0, 0.1) is 13.8 Å². The molecule has 1 saturated heterocycles. The molecule has 0 spiro atoms. The van der Waals surface area contributed by atoms with E-state index in [-0.39, 0.29) is 17.7 Å². The van der Waals surface area contributed by atoms with Crippen LogP contribution >= 0.6 is 23.1 Å². The van der Waals surface area contributed by atoms with Crippen LogP contribution < -0.4 is 4.90 Å². The van der Waals surface area contributed by atoms with Crippen molar-refractivity contribution >= 4 is 49.6 Å². The van der Waals surface area contributed by atoms with Crippen LogP contribution in [0.2, 0.25) is 0 Å². The molecule has 2 amide bonds. The van der Waals surface area contributed by atoms with Crippen molar-refractivity contribution in [2.75, 3.05) is 23.7 Å². The van der Waals surface area contributed by atoms with Gasteiger partial charge < -0.3 is 4.90 Å². The fraction of sp³-hybridized carbons (Fsp3) is 0.286. The Labute approximate surface area is 172 Å². The van der Waals surface area contributed by atoms with E-state index in [1.807, 2.05) is 37.3 Å². The maximum atomic E-state index is 13.2. The summed E-state index contributed by atoms with van der Waals surface area (Å²) in [6, 6.07) is 14.1. The van der Waals surface area contributed by atoms with E-state index in [0.29, 0.717) is 18.2 Å². The van der Waals surface area contributed by atoms with Crippen molar-refractivity contribution < 1.29 is 9.59 Å². The molecule has 4 rings (SSSR count). The molecular formula is C21H21N3O2S2. The molecule has 1 aliphatic heterocycles. The van der Waals surface area contributed by atoms with Crippen LogP contribution in [0.15, 0.2) is 42.5 Å². The summed E-state index contributed by atoms with van der Waals surface area (Å²) in [5.41, 5.74) is 4.26. The lowest BCUT2D eigenvalue weighted by atomic mass is 10.1. The third-order valence-corrected chi connectivity index (χ3v) is 6.62. The first kappa shape index (κ1) is 19.0. The average Bonchev–Trinajstić information content (AvgIpc) is 3.27. The van der Waals surface area contributed by atoms with E-state index in [2.05, 4.69) is 19.1 Å². The Morgan fingerprint density at radius 1 is 1.21 bits per heavy atom. The second-order valence-corrected chi connectivity index (χ2v) is 8.98. The standard InChI is InChI=1S/C21H21N3O2S2/c1-14-10-15(2)19-17(11-14)28-20(22-19)24(12-16-6-4-3-5-7-16)18(25)13-23-8-9-27-21(23)26/h3-7,10-11H,8-9,12-13H2,1-2H3. The minimum Gasteiger partial charge on any atom is -0.323 e. The second-order valence-electron chi connectivity index (χ2n) is 6.93. The predicted molar refractivity (Wildman–Crippen MR) is 116 cm³/mol. The molecule has 0 saturated carbocycles. The van der Waals surface area contributed by atoms with Gasteiger partial charge in [-0.1, -0.05) is 59.5 Å². The molecule has 1 aromatic heterocycles. The van der Waals surface area contributed by atoms with Gasteiger partial charge in [-0.15, -0.1) is 0 Å². The minimum atomic E-state index is -0.104. The fourth-order valence-electron chi connectivity index (χ4n) is 3.32. The molecule has 0 bridgehead atoms. The monoisotopic (exact) mass is 411 g/mol. The number of hydrogen-bond acceptors (Lipinski definition) is 5. The van der Waals surface area contributed by atoms with E-state index >= 15 is 0 Å². The van der Waals surface area contributed by atoms with Crippen LogP contribution in [0.1, 0.15) is 16.7 Å². The average molecular weight is 412 g/mol. The minimum absolute atomic E-state index is 0.0243. The van der Waals surface area contributed by atoms with Crippen molar-refractivity contribution in [3.05, 3.63) is 59.2 Å². The molecule has 7 heteroatoms. The van der Waals surface area contributed by atoms with Crippen LogP contribution in [0.4, 0.5) is 9.93 Å². The number of anilines is 1. The number of carbonyl (C=O) groups excluding carboxylic acids is 2. The lowest BCUT2D eigenvalue weighted by Gasteiger charge is -2.23. The first-order valence-corrected chi connectivity index (χ1v) is 11.0. The van der Waals surface area contributed by atoms with Crippen molar-refractivity contribution in [2.24, 2.45) is 0 Å². The van der Waals surface area contributed by atoms with Gasteiger partial charge in [0.15, 0.2) is 5.13 Å². The number of thioether (sulfide) groups is 1. The Hall–Kier alpha value is -2.38. The number of rotatable bonds is 5. The van der Waals surface area contributed by atoms with Gasteiger partial charge in [-0.25, -0.2) is 4.98 Å². The van der Waals surface area contributed by atoms with Crippen molar-refractivity contribution in [3.8, 4) is 0 Å². The van der Waals surface area contributed by atoms with Gasteiger partial charge in [0.05, 0.1) is 16.8 Å². The van der Waals surface area contributed by atoms with Gasteiger partial charge in [0.1, 0.15) is 6.54 Å². The van der Waals surface area contributed by atoms with E-state index in [1.54, 1.807) is 9.80 Å². The highest BCUT2D eigenvalue weighted by atomic mass is 32.2. The van der Waals surface area contributed by atoms with Crippen LogP contribution in [0.5, 0.6) is 0 Å². The van der Waals surface area contributed by atoms with Gasteiger partial charge in [-0.2, -0.15) is 0 Å². The number of nitrogens with zero attached hydrogens (tertiary/aromatic N) is 3. The summed E-state index contributed by atoms with van der Waals surface area (Å²) in [6.07, 6.45) is 0. The quantitative estimate of drug-likeness (QED) is 0.615. The first-order valence-electron chi connectivity index (χ1n) is 9.15. The summed E-state index contributed by atoms with van der Waals surface area (Å²) in [7, 11) is 0. The molecule has 0 atom stereocenters. The van der Waals surface area contributed by atoms with Crippen molar-refractivity contribution in [1.29, 1.82) is 0 Å². The first-order chi connectivity index (χ1) is 13.5. The normalized spacial score (nSPS) is 14.1. The summed E-state index contributed by atoms with van der Waals surface area (Å²) in [6.45, 7) is 5.25. The summed E-state index contributed by atoms with van der Waals surface area (Å²) in [4.78, 5) is 33.2. The molecule has 0 radical (unpaired) electrons. The van der Waals surface area contributed by atoms with Crippen LogP contribution in [-0.4, -0.2) is 39.9 Å². The molecule has 0 N–H and O–H groups in total. The lowest BCUT2D eigenvalue weighted by Crippen LogP contribution is -2.40. The van der Waals surface area contributed by atoms with Crippen molar-refractivity contribution in [2.45, 2.75) is 20.4 Å². The highest BCUT2D eigenvalue weighted by molar-refractivity contribution is 8.13. The molecule has 2 aromatic carbocycles. The van der Waals surface area contributed by atoms with Gasteiger partial charge in [-0.3, -0.25) is 14.5 Å². The summed E-state index contributed by atoms with van der Waals surface area (Å²) < 4.78 is 1.08. The number of fused-ring (bicyclic) bond motifs is 1. The third kappa shape index (κ3) is 3.91. The zero-order valence-corrected chi connectivity index (χ0v) is 17.5. The Kier molecular flexibility index (Phi) is 5.37. The Bertz CT molecular complexity index is 1030. The SMILES string of the molecule is Cc1cc(C)c2nc(N(Cc3ccccc3)C(=O)CN3CCSC3=O)sc2c1. The maximum absolute atomic E-state index is 13.2. The van der Waals surface area contributed by atoms with Crippen LogP contribution in [0.3, 0.4) is 0 Å². The second kappa shape index (κ2) is 7.93. The number of benzene rings is 2. The molecule has 5 nitrogen and oxygen atoms in total. The fourth-order valence-corrected chi connectivity index (χ4v) is 5.30. The van der Waals surface area contributed by atoms with Gasteiger partial charge in [0.25, 0.3) is 5.24 Å². The Morgan fingerprint density at radius 3 is 2.71 bits per heavy atom. The Balaban J connectivity index is 1.68. The van der Waals surface area contributed by atoms with Gasteiger partial charge in [-0.05, 0) is 36.6 Å². The highest BCUT2D eigenvalue weighted by Crippen LogP contribution is 2.32. The van der Waals surface area contributed by atoms with Gasteiger partial charge in [0, 0.05) is 12.3 Å².